The van der Waals surface area contributed by atoms with Gasteiger partial charge < -0.3 is 85.9 Å². The first-order valence-corrected chi connectivity index (χ1v) is 33.1. The van der Waals surface area contributed by atoms with Crippen molar-refractivity contribution in [3.8, 4) is 5.75 Å². The quantitative estimate of drug-likeness (QED) is 0.0136. The molecule has 1 aliphatic rings. The number of primary amides is 1. The molecule has 1 fully saturated rings. The number of amides is 11. The Morgan fingerprint density at radius 3 is 1.63 bits per heavy atom. The number of pyridine rings is 1. The number of phenols is 1. The van der Waals surface area contributed by atoms with Gasteiger partial charge in [0, 0.05) is 63.1 Å². The fourth-order valence-electron chi connectivity index (χ4n) is 11.2. The third-order valence-electron chi connectivity index (χ3n) is 16.4. The molecule has 1 aromatic heterocycles. The number of guanidine groups is 1. The van der Waals surface area contributed by atoms with Gasteiger partial charge in [0.25, 0.3) is 0 Å². The average molecular weight is 1390 g/mol. The predicted octanol–water partition coefficient (Wildman–Crippen LogP) is -0.425. The lowest BCUT2D eigenvalue weighted by molar-refractivity contribution is -0.142. The van der Waals surface area contributed by atoms with Crippen LogP contribution < -0.4 is 70.8 Å². The fraction of sp³-hybridized carbons (Fsp3) is 0.435. The van der Waals surface area contributed by atoms with Crippen molar-refractivity contribution in [1.82, 2.24) is 57.7 Å². The number of benzene rings is 4. The number of aromatic hydroxyl groups is 1. The van der Waals surface area contributed by atoms with Crippen LogP contribution in [0, 0.1) is 5.92 Å². The van der Waals surface area contributed by atoms with Crippen molar-refractivity contribution < 1.29 is 63.0 Å². The van der Waals surface area contributed by atoms with Crippen molar-refractivity contribution in [2.75, 3.05) is 26.2 Å². The fourth-order valence-corrected chi connectivity index (χ4v) is 11.3. The molecule has 0 spiro atoms. The van der Waals surface area contributed by atoms with E-state index in [9.17, 15) is 63.0 Å². The molecule has 29 nitrogen and oxygen atoms in total. The summed E-state index contributed by atoms with van der Waals surface area (Å²) in [7, 11) is 0. The van der Waals surface area contributed by atoms with Gasteiger partial charge in [0.1, 0.15) is 66.2 Å². The number of carbonyl (C=O) groups excluding carboxylic acids is 11. The van der Waals surface area contributed by atoms with E-state index >= 15 is 0 Å². The van der Waals surface area contributed by atoms with Crippen LogP contribution in [0.2, 0.25) is 5.02 Å². The summed E-state index contributed by atoms with van der Waals surface area (Å²) in [6.07, 6.45) is 3.28. The Balaban J connectivity index is 1.23. The number of aliphatic hydroxyl groups excluding tert-OH is 1. The van der Waals surface area contributed by atoms with E-state index in [1.807, 2.05) is 42.5 Å². The number of hydrogen-bond acceptors (Lipinski definition) is 16. The highest BCUT2D eigenvalue weighted by Gasteiger charge is 2.40. The first kappa shape index (κ1) is 77.7. The Hall–Kier alpha value is -10.3. The van der Waals surface area contributed by atoms with E-state index in [0.29, 0.717) is 33.7 Å². The largest absolute Gasteiger partial charge is 0.508 e. The highest BCUT2D eigenvalue weighted by molar-refractivity contribution is 6.30. The van der Waals surface area contributed by atoms with Crippen molar-refractivity contribution in [2.45, 2.75) is 159 Å². The summed E-state index contributed by atoms with van der Waals surface area (Å²) in [6, 6.07) is 15.0. The SMILES string of the molecule is CC(=O)N[C@H](Cc1ccc2ccccc2c1)C(=O)N[C@H](Cc1ccc(Cl)cc1)C(=O)N[C@H](Cc1cccnc1)C(=O)N[C@@H](CO)C(=O)N[C@@H](Cc1ccc(O)cc1)C(=O)N[C@H](CCCN)C(=O)N[C@@H](CC(C)C)C(=O)N[C@@H](CCCN=C(N)N)C(=O)N1CCC[C@H]1C(=O)N[C@H](C)C(N)=O. The number of carbonyl (C=O) groups is 11. The van der Waals surface area contributed by atoms with Crippen LogP contribution in [-0.2, 0) is 78.4 Å². The lowest BCUT2D eigenvalue weighted by atomic mass is 9.99. The molecule has 11 amide bonds. The number of fused-ring (bicyclic) bond motifs is 1. The van der Waals surface area contributed by atoms with E-state index in [-0.39, 0.29) is 101 Å². The smallest absolute Gasteiger partial charge is 0.245 e. The standard InChI is InChI=1S/C69H91ClN16O13/c1-39(2)31-52(61(92)80-51(15-9-29-76-69(73)74)68(99)86-30-10-16-58(86)67(98)77-40(3)59(72)90)81-60(91)50(14-7-27-71)79-63(94)54(34-43-20-25-49(89)26-21-43)84-66(97)57(38-87)85-65(96)56(36-45-11-8-28-75-37-45)83-64(95)55(33-42-18-23-48(70)24-19-42)82-62(93)53(78-41(4)88)35-44-17-22-46-12-5-6-13-47(46)32-44/h5-6,8,11-13,17-26,28,32,37,39-40,50-58,87,89H,7,9-10,14-16,27,29-31,33-36,38,71H2,1-4H3,(H2,72,90)(H,77,98)(H,78,88)(H,79,94)(H,80,92)(H,81,91)(H,82,93)(H,83,95)(H,84,97)(H,85,96)(H4,73,74,76)/t40-,50-,51+,52+,53-,54+,55-,56-,57+,58+/m1/s1. The molecule has 2 heterocycles. The second kappa shape index (κ2) is 38.6. The minimum atomic E-state index is -1.81. The molecule has 6 rings (SSSR count). The maximum atomic E-state index is 14.8. The number of nitrogens with zero attached hydrogens (tertiary/aromatic N) is 3. The second-order valence-electron chi connectivity index (χ2n) is 24.8. The van der Waals surface area contributed by atoms with Crippen LogP contribution in [0.1, 0.15) is 94.9 Å². The molecule has 10 atom stereocenters. The van der Waals surface area contributed by atoms with E-state index < -0.39 is 132 Å². The van der Waals surface area contributed by atoms with Crippen molar-refractivity contribution in [3.05, 3.63) is 143 Å². The van der Waals surface area contributed by atoms with Crippen LogP contribution in [0.25, 0.3) is 10.8 Å². The van der Waals surface area contributed by atoms with Crippen LogP contribution in [0.5, 0.6) is 5.75 Å². The van der Waals surface area contributed by atoms with Gasteiger partial charge in [-0.15, -0.1) is 0 Å². The molecule has 30 heteroatoms. The van der Waals surface area contributed by atoms with Crippen molar-refractivity contribution in [2.24, 2.45) is 33.8 Å². The zero-order valence-electron chi connectivity index (χ0n) is 55.8. The van der Waals surface area contributed by atoms with E-state index in [4.69, 9.17) is 34.5 Å². The van der Waals surface area contributed by atoms with Gasteiger partial charge in [-0.1, -0.05) is 98.2 Å². The molecule has 4 aromatic carbocycles. The summed E-state index contributed by atoms with van der Waals surface area (Å²) >= 11 is 6.22. The van der Waals surface area contributed by atoms with Crippen LogP contribution in [0.3, 0.4) is 0 Å². The Bertz CT molecular complexity index is 3640. The minimum Gasteiger partial charge on any atom is -0.508 e. The number of aromatic nitrogens is 1. The zero-order chi connectivity index (χ0) is 72.3. The number of likely N-dealkylation sites (tertiary alicyclic amines) is 1. The van der Waals surface area contributed by atoms with Gasteiger partial charge in [-0.3, -0.25) is 62.7 Å². The number of nitrogens with one attached hydrogen (secondary N) is 9. The first-order chi connectivity index (χ1) is 47.2. The van der Waals surface area contributed by atoms with Crippen LogP contribution in [0.4, 0.5) is 0 Å². The predicted molar refractivity (Wildman–Crippen MR) is 370 cm³/mol. The molecule has 0 bridgehead atoms. The molecule has 0 saturated carbocycles. The minimum absolute atomic E-state index is 0.00981. The third kappa shape index (κ3) is 25.0. The number of phenolic OH excluding ortho intramolecular Hbond substituents is 1. The first-order valence-electron chi connectivity index (χ1n) is 32.8. The maximum Gasteiger partial charge on any atom is 0.245 e. The van der Waals surface area contributed by atoms with Crippen molar-refractivity contribution >= 4 is 93.3 Å². The summed E-state index contributed by atoms with van der Waals surface area (Å²) < 4.78 is 0. The van der Waals surface area contributed by atoms with Crippen molar-refractivity contribution in [1.29, 1.82) is 0 Å². The number of hydrogen-bond donors (Lipinski definition) is 15. The second-order valence-corrected chi connectivity index (χ2v) is 25.3. The zero-order valence-corrected chi connectivity index (χ0v) is 56.6. The van der Waals surface area contributed by atoms with Crippen LogP contribution in [-0.4, -0.2) is 178 Å². The summed E-state index contributed by atoms with van der Waals surface area (Å²) in [5.74, 6) is -9.38. The van der Waals surface area contributed by atoms with Gasteiger partial charge in [-0.25, -0.2) is 0 Å². The van der Waals surface area contributed by atoms with Gasteiger partial charge in [-0.2, -0.15) is 0 Å². The molecule has 1 saturated heterocycles. The summed E-state index contributed by atoms with van der Waals surface area (Å²) in [5, 5.41) is 47.2. The van der Waals surface area contributed by atoms with Gasteiger partial charge in [0.15, 0.2) is 5.96 Å². The summed E-state index contributed by atoms with van der Waals surface area (Å²) in [4.78, 5) is 164. The Morgan fingerprint density at radius 2 is 1.07 bits per heavy atom. The van der Waals surface area contributed by atoms with E-state index in [2.05, 4.69) is 57.8 Å². The van der Waals surface area contributed by atoms with Gasteiger partial charge in [-0.05, 0) is 128 Å². The molecule has 99 heavy (non-hydrogen) atoms. The third-order valence-corrected chi connectivity index (χ3v) is 16.7. The van der Waals surface area contributed by atoms with Crippen LogP contribution in [0.15, 0.2) is 121 Å². The number of aliphatic hydroxyl groups is 1. The van der Waals surface area contributed by atoms with Gasteiger partial charge >= 0.3 is 0 Å². The Kier molecular flexibility index (Phi) is 30.3. The number of nitrogens with two attached hydrogens (primary N) is 4. The molecular formula is C69H91ClN16O13. The number of halogens is 1. The van der Waals surface area contributed by atoms with Gasteiger partial charge in [0.05, 0.1) is 6.61 Å². The number of aliphatic imine (C=N–C) groups is 1. The lowest BCUT2D eigenvalue weighted by Gasteiger charge is -2.31. The summed E-state index contributed by atoms with van der Waals surface area (Å²) in [6.45, 7) is 5.45. The number of rotatable bonds is 37. The van der Waals surface area contributed by atoms with Crippen molar-refractivity contribution in [3.63, 3.8) is 0 Å². The Labute approximate surface area is 578 Å². The monoisotopic (exact) mass is 1390 g/mol. The molecule has 0 radical (unpaired) electrons. The lowest BCUT2D eigenvalue weighted by Crippen LogP contribution is -2.61. The Morgan fingerprint density at radius 1 is 0.576 bits per heavy atom. The highest BCUT2D eigenvalue weighted by atomic mass is 35.5. The highest BCUT2D eigenvalue weighted by Crippen LogP contribution is 2.22. The molecule has 0 aliphatic carbocycles. The van der Waals surface area contributed by atoms with E-state index in [1.54, 1.807) is 50.2 Å². The average Bonchev–Trinajstić information content (AvgIpc) is 1.82. The molecule has 532 valence electrons. The van der Waals surface area contributed by atoms with Crippen LogP contribution >= 0.6 is 11.6 Å². The molecular weight excluding hydrogens is 1300 g/mol. The molecule has 1 aliphatic heterocycles. The summed E-state index contributed by atoms with van der Waals surface area (Å²) in [5.41, 5.74) is 24.5. The van der Waals surface area contributed by atoms with E-state index in [1.165, 1.54) is 55.4 Å². The van der Waals surface area contributed by atoms with E-state index in [0.717, 1.165) is 10.8 Å². The van der Waals surface area contributed by atoms with Gasteiger partial charge in [0.2, 0.25) is 65.0 Å². The molecule has 5 aromatic rings. The topological polar surface area (TPSA) is 469 Å². The molecule has 19 N–H and O–H groups in total. The molecule has 0 unspecified atom stereocenters. The normalized spacial score (nSPS) is 15.4. The maximum absolute atomic E-state index is 14.8.